The third-order valence-electron chi connectivity index (χ3n) is 5.05. The van der Waals surface area contributed by atoms with E-state index in [9.17, 15) is 9.59 Å². The Bertz CT molecular complexity index is 824. The molecule has 0 bridgehead atoms. The van der Waals surface area contributed by atoms with Gasteiger partial charge in [-0.15, -0.1) is 0 Å². The van der Waals surface area contributed by atoms with Crippen molar-refractivity contribution in [1.82, 2.24) is 9.88 Å². The number of aromatic nitrogens is 1. The average molecular weight is 365 g/mol. The van der Waals surface area contributed by atoms with Gasteiger partial charge in [-0.25, -0.2) is 0 Å². The largest absolute Gasteiger partial charge is 0.341 e. The second-order valence-corrected chi connectivity index (χ2v) is 7.25. The van der Waals surface area contributed by atoms with Crippen LogP contribution >= 0.6 is 0 Å². The molecule has 2 aromatic rings. The average Bonchev–Trinajstić information content (AvgIpc) is 2.67. The summed E-state index contributed by atoms with van der Waals surface area (Å²) in [5.74, 6) is -0.185. The van der Waals surface area contributed by atoms with Crippen LogP contribution in [0.4, 0.5) is 5.69 Å². The normalized spacial score (nSPS) is 14.1. The van der Waals surface area contributed by atoms with Crippen LogP contribution in [0.15, 0.2) is 36.4 Å². The lowest BCUT2D eigenvalue weighted by Crippen LogP contribution is -2.45. The number of piperidine rings is 1. The van der Waals surface area contributed by atoms with Gasteiger partial charge in [0.25, 0.3) is 5.91 Å². The topological polar surface area (TPSA) is 53.5 Å². The highest BCUT2D eigenvalue weighted by molar-refractivity contribution is 6.09. The van der Waals surface area contributed by atoms with E-state index in [1.165, 1.54) is 6.42 Å². The molecule has 1 aromatic carbocycles. The first-order valence-corrected chi connectivity index (χ1v) is 9.56. The number of likely N-dealkylation sites (tertiary alicyclic amines) is 1. The van der Waals surface area contributed by atoms with Crippen molar-refractivity contribution in [3.05, 3.63) is 58.9 Å². The van der Waals surface area contributed by atoms with Crippen LogP contribution in [0.1, 0.15) is 46.6 Å². The molecule has 0 spiro atoms. The number of hydrogen-bond acceptors (Lipinski definition) is 3. The molecule has 5 nitrogen and oxygen atoms in total. The fourth-order valence-electron chi connectivity index (χ4n) is 3.44. The molecule has 0 N–H and O–H groups in total. The molecule has 27 heavy (non-hydrogen) atoms. The molecule has 1 aromatic heterocycles. The molecule has 142 valence electrons. The monoisotopic (exact) mass is 365 g/mol. The maximum absolute atomic E-state index is 13.3. The van der Waals surface area contributed by atoms with Gasteiger partial charge in [-0.05, 0) is 64.3 Å². The van der Waals surface area contributed by atoms with Crippen LogP contribution in [-0.2, 0) is 4.79 Å². The van der Waals surface area contributed by atoms with Crippen molar-refractivity contribution in [1.29, 1.82) is 0 Å². The van der Waals surface area contributed by atoms with E-state index in [2.05, 4.69) is 4.98 Å². The first-order valence-electron chi connectivity index (χ1n) is 9.56. The zero-order valence-electron chi connectivity index (χ0n) is 16.4. The summed E-state index contributed by atoms with van der Waals surface area (Å²) in [4.78, 5) is 34.0. The van der Waals surface area contributed by atoms with Gasteiger partial charge in [0, 0.05) is 24.5 Å². The number of carbonyl (C=O) groups is 2. The molecule has 0 aliphatic carbocycles. The minimum Gasteiger partial charge on any atom is -0.341 e. The minimum atomic E-state index is -0.186. The van der Waals surface area contributed by atoms with E-state index in [1.807, 2.05) is 56.0 Å². The molecule has 0 atom stereocenters. The van der Waals surface area contributed by atoms with E-state index in [4.69, 9.17) is 0 Å². The quantitative estimate of drug-likeness (QED) is 0.831. The van der Waals surface area contributed by atoms with Gasteiger partial charge in [-0.3, -0.25) is 19.5 Å². The van der Waals surface area contributed by atoms with Crippen LogP contribution in [0, 0.1) is 20.8 Å². The summed E-state index contributed by atoms with van der Waals surface area (Å²) in [6, 6.07) is 11.3. The Labute approximate surface area is 161 Å². The second-order valence-electron chi connectivity index (χ2n) is 7.25. The molecule has 5 heteroatoms. The van der Waals surface area contributed by atoms with Gasteiger partial charge in [0.05, 0.1) is 11.3 Å². The number of pyridine rings is 1. The molecule has 2 amide bonds. The van der Waals surface area contributed by atoms with Gasteiger partial charge in [-0.2, -0.15) is 0 Å². The number of rotatable bonds is 4. The summed E-state index contributed by atoms with van der Waals surface area (Å²) in [6.07, 6.45) is 3.23. The third-order valence-corrected chi connectivity index (χ3v) is 5.05. The zero-order valence-corrected chi connectivity index (χ0v) is 16.4. The van der Waals surface area contributed by atoms with E-state index >= 15 is 0 Å². The second kappa shape index (κ2) is 8.33. The molecular weight excluding hydrogens is 338 g/mol. The minimum absolute atomic E-state index is 0.00125. The highest BCUT2D eigenvalue weighted by Gasteiger charge is 2.25. The lowest BCUT2D eigenvalue weighted by Gasteiger charge is -2.30. The van der Waals surface area contributed by atoms with Gasteiger partial charge >= 0.3 is 0 Å². The number of aryl methyl sites for hydroxylation is 3. The number of hydrogen-bond donors (Lipinski definition) is 0. The number of benzene rings is 1. The Morgan fingerprint density at radius 3 is 2.26 bits per heavy atom. The van der Waals surface area contributed by atoms with E-state index in [0.29, 0.717) is 11.3 Å². The Kier molecular flexibility index (Phi) is 5.89. The summed E-state index contributed by atoms with van der Waals surface area (Å²) in [6.45, 7) is 7.34. The maximum atomic E-state index is 13.3. The predicted molar refractivity (Wildman–Crippen MR) is 107 cm³/mol. The van der Waals surface area contributed by atoms with Crippen molar-refractivity contribution in [2.45, 2.75) is 40.0 Å². The predicted octanol–water partition coefficient (Wildman–Crippen LogP) is 3.67. The molecule has 0 saturated carbocycles. The number of nitrogens with zero attached hydrogens (tertiary/aromatic N) is 3. The molecule has 1 aliphatic heterocycles. The van der Waals surface area contributed by atoms with Gasteiger partial charge in [-0.1, -0.05) is 17.7 Å². The number of carbonyl (C=O) groups excluding carboxylic acids is 2. The molecule has 3 rings (SSSR count). The summed E-state index contributed by atoms with van der Waals surface area (Å²) < 4.78 is 0. The number of anilines is 1. The smallest absolute Gasteiger partial charge is 0.260 e. The molecule has 1 saturated heterocycles. The van der Waals surface area contributed by atoms with Crippen molar-refractivity contribution in [2.24, 2.45) is 0 Å². The fourth-order valence-corrected chi connectivity index (χ4v) is 3.44. The van der Waals surface area contributed by atoms with Crippen molar-refractivity contribution in [2.75, 3.05) is 24.5 Å². The summed E-state index contributed by atoms with van der Waals surface area (Å²) in [5, 5.41) is 0. The van der Waals surface area contributed by atoms with Gasteiger partial charge in [0.15, 0.2) is 0 Å². The lowest BCUT2D eigenvalue weighted by atomic mass is 10.1. The number of amides is 2. The third kappa shape index (κ3) is 4.54. The van der Waals surface area contributed by atoms with Crippen molar-refractivity contribution in [3.63, 3.8) is 0 Å². The molecule has 1 fully saturated rings. The Morgan fingerprint density at radius 2 is 1.63 bits per heavy atom. The van der Waals surface area contributed by atoms with Crippen LogP contribution in [-0.4, -0.2) is 41.3 Å². The molecule has 0 unspecified atom stereocenters. The van der Waals surface area contributed by atoms with Crippen LogP contribution in [0.5, 0.6) is 0 Å². The highest BCUT2D eigenvalue weighted by Crippen LogP contribution is 2.20. The summed E-state index contributed by atoms with van der Waals surface area (Å²) in [7, 11) is 0. The van der Waals surface area contributed by atoms with Crippen molar-refractivity contribution < 1.29 is 9.59 Å². The van der Waals surface area contributed by atoms with Crippen LogP contribution in [0.2, 0.25) is 0 Å². The van der Waals surface area contributed by atoms with Gasteiger partial charge < -0.3 is 4.90 Å². The first kappa shape index (κ1) is 19.1. The van der Waals surface area contributed by atoms with Crippen LogP contribution in [0.3, 0.4) is 0 Å². The van der Waals surface area contributed by atoms with Crippen LogP contribution in [0.25, 0.3) is 0 Å². The van der Waals surface area contributed by atoms with Crippen molar-refractivity contribution >= 4 is 17.5 Å². The lowest BCUT2D eigenvalue weighted by molar-refractivity contribution is -0.130. The molecule has 2 heterocycles. The van der Waals surface area contributed by atoms with E-state index in [0.717, 1.165) is 42.9 Å². The highest BCUT2D eigenvalue weighted by atomic mass is 16.2. The Balaban J connectivity index is 1.90. The standard InChI is InChI=1S/C22H27N3O2/c1-16-7-10-19(11-8-16)25(15-21(26)24-13-5-4-6-14-24)22(27)20-12-9-17(2)23-18(20)3/h7-12H,4-6,13-15H2,1-3H3. The molecule has 0 radical (unpaired) electrons. The SMILES string of the molecule is Cc1ccc(N(CC(=O)N2CCCCC2)C(=O)c2ccc(C)nc2C)cc1. The Hall–Kier alpha value is -2.69. The van der Waals surface area contributed by atoms with E-state index in [1.54, 1.807) is 11.0 Å². The van der Waals surface area contributed by atoms with Crippen LogP contribution < -0.4 is 4.90 Å². The zero-order chi connectivity index (χ0) is 19.4. The summed E-state index contributed by atoms with van der Waals surface area (Å²) in [5.41, 5.74) is 3.93. The van der Waals surface area contributed by atoms with E-state index < -0.39 is 0 Å². The molecule has 1 aliphatic rings. The van der Waals surface area contributed by atoms with E-state index in [-0.39, 0.29) is 18.4 Å². The molecular formula is C22H27N3O2. The van der Waals surface area contributed by atoms with Gasteiger partial charge in [0.2, 0.25) is 5.91 Å². The summed E-state index contributed by atoms with van der Waals surface area (Å²) >= 11 is 0. The fraction of sp³-hybridized carbons (Fsp3) is 0.409. The maximum Gasteiger partial charge on any atom is 0.260 e. The first-order chi connectivity index (χ1) is 13.0. The van der Waals surface area contributed by atoms with Crippen molar-refractivity contribution in [3.8, 4) is 0 Å². The Morgan fingerprint density at radius 1 is 0.963 bits per heavy atom. The van der Waals surface area contributed by atoms with Gasteiger partial charge in [0.1, 0.15) is 6.54 Å².